The summed E-state index contributed by atoms with van der Waals surface area (Å²) in [7, 11) is 1.57. The van der Waals surface area contributed by atoms with Gasteiger partial charge in [-0.1, -0.05) is 0 Å². The van der Waals surface area contributed by atoms with Gasteiger partial charge in [-0.2, -0.15) is 0 Å². The molecule has 118 valence electrons. The Morgan fingerprint density at radius 2 is 1.70 bits per heavy atom. The average molecular weight is 291 g/mol. The predicted octanol–water partition coefficient (Wildman–Crippen LogP) is -0.203. The van der Waals surface area contributed by atoms with E-state index in [0.717, 1.165) is 52.1 Å². The van der Waals surface area contributed by atoms with E-state index in [1.165, 1.54) is 0 Å². The van der Waals surface area contributed by atoms with E-state index in [4.69, 9.17) is 5.84 Å². The first kappa shape index (κ1) is 16.0. The van der Waals surface area contributed by atoms with E-state index in [1.54, 1.807) is 7.05 Å². The van der Waals surface area contributed by atoms with Crippen molar-refractivity contribution in [2.45, 2.75) is 24.8 Å². The largest absolute Gasteiger partial charge is 0.314 e. The molecule has 2 fully saturated rings. The van der Waals surface area contributed by atoms with Crippen molar-refractivity contribution in [1.29, 1.82) is 0 Å². The van der Waals surface area contributed by atoms with Crippen LogP contribution < -0.4 is 11.2 Å². The lowest BCUT2D eigenvalue weighted by Gasteiger charge is -2.42. The molecule has 3 N–H and O–H groups in total. The minimum atomic E-state index is -2.64. The highest BCUT2D eigenvalue weighted by Gasteiger charge is 2.33. The minimum Gasteiger partial charge on any atom is -0.314 e. The Morgan fingerprint density at radius 1 is 1.10 bits per heavy atom. The molecule has 2 aliphatic heterocycles. The van der Waals surface area contributed by atoms with Gasteiger partial charge in [0.1, 0.15) is 0 Å². The number of rotatable bonds is 5. The quantitative estimate of drug-likeness (QED) is 0.687. The van der Waals surface area contributed by atoms with Crippen LogP contribution in [0.15, 0.2) is 0 Å². The van der Waals surface area contributed by atoms with Gasteiger partial charge in [0.15, 0.2) is 0 Å². The Morgan fingerprint density at radius 3 is 2.25 bits per heavy atom. The summed E-state index contributed by atoms with van der Waals surface area (Å²) < 4.78 is 27.1. The molecule has 0 unspecified atom stereocenters. The van der Waals surface area contributed by atoms with Gasteiger partial charge in [-0.05, 0) is 19.9 Å². The van der Waals surface area contributed by atoms with Crippen molar-refractivity contribution in [3.63, 3.8) is 0 Å². The van der Waals surface area contributed by atoms with Crippen LogP contribution in [0.2, 0.25) is 0 Å². The minimum absolute atomic E-state index is 0.136. The van der Waals surface area contributed by atoms with Gasteiger partial charge in [0.25, 0.3) is 5.92 Å². The van der Waals surface area contributed by atoms with Crippen molar-refractivity contribution >= 4 is 0 Å². The molecule has 0 amide bonds. The summed E-state index contributed by atoms with van der Waals surface area (Å²) in [5, 5.41) is 4.42. The lowest BCUT2D eigenvalue weighted by molar-refractivity contribution is -0.0438. The first-order chi connectivity index (χ1) is 9.50. The van der Waals surface area contributed by atoms with E-state index in [0.29, 0.717) is 6.04 Å². The molecule has 5 nitrogen and oxygen atoms in total. The number of nitrogens with zero attached hydrogens (tertiary/aromatic N) is 3. The number of hydrazine groups is 1. The van der Waals surface area contributed by atoms with Crippen LogP contribution in [0.25, 0.3) is 0 Å². The van der Waals surface area contributed by atoms with Crippen molar-refractivity contribution < 1.29 is 8.78 Å². The Kier molecular flexibility index (Phi) is 5.68. The van der Waals surface area contributed by atoms with E-state index in [1.807, 2.05) is 9.91 Å². The number of alkyl halides is 2. The molecule has 0 saturated carbocycles. The van der Waals surface area contributed by atoms with E-state index in [2.05, 4.69) is 10.2 Å². The zero-order chi connectivity index (χ0) is 14.6. The Bertz CT molecular complexity index is 286. The maximum absolute atomic E-state index is 13.6. The number of nitrogens with two attached hydrogens (primary N) is 1. The van der Waals surface area contributed by atoms with Crippen LogP contribution in [0.5, 0.6) is 0 Å². The highest BCUT2D eigenvalue weighted by Crippen LogP contribution is 2.19. The zero-order valence-corrected chi connectivity index (χ0v) is 12.3. The van der Waals surface area contributed by atoms with Gasteiger partial charge < -0.3 is 5.32 Å². The molecule has 0 aromatic heterocycles. The number of hydrogen-bond donors (Lipinski definition) is 2. The Hall–Kier alpha value is -0.340. The smallest absolute Gasteiger partial charge is 0.272 e. The first-order valence-corrected chi connectivity index (χ1v) is 7.49. The Labute approximate surface area is 120 Å². The molecule has 0 spiro atoms. The maximum Gasteiger partial charge on any atom is 0.272 e. The van der Waals surface area contributed by atoms with Crippen molar-refractivity contribution in [3.8, 4) is 0 Å². The van der Waals surface area contributed by atoms with Crippen LogP contribution in [-0.4, -0.2) is 86.2 Å². The fourth-order valence-electron chi connectivity index (χ4n) is 3.18. The molecule has 0 bridgehead atoms. The van der Waals surface area contributed by atoms with Crippen molar-refractivity contribution in [2.75, 3.05) is 59.4 Å². The lowest BCUT2D eigenvalue weighted by Crippen LogP contribution is -2.56. The Balaban J connectivity index is 1.72. The molecule has 0 aromatic rings. The second-order valence-electron chi connectivity index (χ2n) is 5.97. The van der Waals surface area contributed by atoms with Crippen molar-refractivity contribution in [1.82, 2.24) is 20.1 Å². The van der Waals surface area contributed by atoms with Crippen molar-refractivity contribution in [2.24, 2.45) is 5.84 Å². The molecule has 20 heavy (non-hydrogen) atoms. The maximum atomic E-state index is 13.6. The van der Waals surface area contributed by atoms with Crippen LogP contribution in [0.3, 0.4) is 0 Å². The third-order valence-corrected chi connectivity index (χ3v) is 4.31. The van der Waals surface area contributed by atoms with Gasteiger partial charge in [0.2, 0.25) is 0 Å². The van der Waals surface area contributed by atoms with Gasteiger partial charge in [-0.3, -0.25) is 15.6 Å². The standard InChI is InChI=1S/C13H27F2N5/c1-17-10-13(14,15)11-18-6-8-19(9-7-18)12-2-4-20(16)5-3-12/h12,17H,2-11,16H2,1H3. The summed E-state index contributed by atoms with van der Waals surface area (Å²) in [6.45, 7) is 4.75. The molecule has 0 radical (unpaired) electrons. The van der Waals surface area contributed by atoms with Crippen LogP contribution in [0, 0.1) is 0 Å². The van der Waals surface area contributed by atoms with E-state index in [-0.39, 0.29) is 13.1 Å². The average Bonchev–Trinajstić information content (AvgIpc) is 2.40. The topological polar surface area (TPSA) is 47.8 Å². The molecule has 0 aromatic carbocycles. The third kappa shape index (κ3) is 4.60. The van der Waals surface area contributed by atoms with Crippen molar-refractivity contribution in [3.05, 3.63) is 0 Å². The zero-order valence-electron chi connectivity index (χ0n) is 12.3. The summed E-state index contributed by atoms with van der Waals surface area (Å²) in [6, 6.07) is 0.578. The molecular weight excluding hydrogens is 264 g/mol. The lowest BCUT2D eigenvalue weighted by atomic mass is 10.0. The summed E-state index contributed by atoms with van der Waals surface area (Å²) >= 11 is 0. The van der Waals surface area contributed by atoms with E-state index in [9.17, 15) is 8.78 Å². The van der Waals surface area contributed by atoms with Gasteiger partial charge in [-0.25, -0.2) is 13.8 Å². The second-order valence-corrected chi connectivity index (χ2v) is 5.97. The molecule has 0 atom stereocenters. The number of piperidine rings is 1. The number of hydrogen-bond acceptors (Lipinski definition) is 5. The highest BCUT2D eigenvalue weighted by atomic mass is 19.3. The number of nitrogens with one attached hydrogen (secondary N) is 1. The van der Waals surface area contributed by atoms with Crippen LogP contribution in [0.4, 0.5) is 8.78 Å². The molecule has 2 rings (SSSR count). The summed E-state index contributed by atoms with van der Waals surface area (Å²) in [5.41, 5.74) is 0. The molecule has 7 heteroatoms. The fourth-order valence-corrected chi connectivity index (χ4v) is 3.18. The molecule has 2 heterocycles. The summed E-state index contributed by atoms with van der Waals surface area (Å²) in [6.07, 6.45) is 2.18. The summed E-state index contributed by atoms with van der Waals surface area (Å²) in [5.74, 6) is 3.13. The van der Waals surface area contributed by atoms with E-state index >= 15 is 0 Å². The number of halogens is 2. The highest BCUT2D eigenvalue weighted by molar-refractivity contribution is 4.84. The molecule has 2 saturated heterocycles. The van der Waals surface area contributed by atoms with E-state index < -0.39 is 5.92 Å². The van der Waals surface area contributed by atoms with Gasteiger partial charge in [0, 0.05) is 45.3 Å². The molecule has 2 aliphatic rings. The molecular formula is C13H27F2N5. The molecule has 0 aliphatic carbocycles. The third-order valence-electron chi connectivity index (χ3n) is 4.31. The second kappa shape index (κ2) is 7.09. The predicted molar refractivity (Wildman–Crippen MR) is 75.7 cm³/mol. The monoisotopic (exact) mass is 291 g/mol. The summed E-state index contributed by atoms with van der Waals surface area (Å²) in [4.78, 5) is 4.33. The normalized spacial score (nSPS) is 25.2. The number of piperazine rings is 1. The van der Waals surface area contributed by atoms with Gasteiger partial charge in [0.05, 0.1) is 13.1 Å². The fraction of sp³-hybridized carbons (Fsp3) is 1.00. The first-order valence-electron chi connectivity index (χ1n) is 7.49. The van der Waals surface area contributed by atoms with Crippen LogP contribution in [-0.2, 0) is 0 Å². The SMILES string of the molecule is CNCC(F)(F)CN1CCN(C2CCN(N)CC2)CC1. The van der Waals surface area contributed by atoms with Crippen LogP contribution >= 0.6 is 0 Å². The van der Waals surface area contributed by atoms with Crippen LogP contribution in [0.1, 0.15) is 12.8 Å². The van der Waals surface area contributed by atoms with Gasteiger partial charge >= 0.3 is 0 Å². The van der Waals surface area contributed by atoms with Gasteiger partial charge in [-0.15, -0.1) is 0 Å².